The molecule has 0 aliphatic heterocycles. The van der Waals surface area contributed by atoms with Crippen LogP contribution >= 0.6 is 0 Å². The summed E-state index contributed by atoms with van der Waals surface area (Å²) in [5, 5.41) is 12.8. The third-order valence-corrected chi connectivity index (χ3v) is 3.78. The van der Waals surface area contributed by atoms with Gasteiger partial charge in [-0.05, 0) is 45.2 Å². The van der Waals surface area contributed by atoms with Crippen LogP contribution in [0.1, 0.15) is 36.9 Å². The Bertz CT molecular complexity index is 399. The van der Waals surface area contributed by atoms with Gasteiger partial charge >= 0.3 is 0 Å². The van der Waals surface area contributed by atoms with E-state index in [1.54, 1.807) is 7.11 Å². The molecule has 0 spiro atoms. The lowest BCUT2D eigenvalue weighted by molar-refractivity contribution is 0.0420. The fourth-order valence-corrected chi connectivity index (χ4v) is 2.51. The Morgan fingerprint density at radius 2 is 2.17 bits per heavy atom. The summed E-state index contributed by atoms with van der Waals surface area (Å²) in [7, 11) is 1.71. The summed E-state index contributed by atoms with van der Waals surface area (Å²) in [6, 6.07) is 6.54. The van der Waals surface area contributed by atoms with Crippen molar-refractivity contribution in [2.45, 2.75) is 38.8 Å². The first-order valence-electron chi connectivity index (χ1n) is 6.66. The highest BCUT2D eigenvalue weighted by molar-refractivity contribution is 5.38. The molecule has 1 atom stereocenters. The molecule has 0 bridgehead atoms. The zero-order valence-electron chi connectivity index (χ0n) is 11.4. The molecule has 1 aromatic carbocycles. The Morgan fingerprint density at radius 3 is 2.78 bits per heavy atom. The van der Waals surface area contributed by atoms with Gasteiger partial charge in [0, 0.05) is 11.6 Å². The van der Waals surface area contributed by atoms with Crippen molar-refractivity contribution in [2.24, 2.45) is 5.92 Å². The van der Waals surface area contributed by atoms with Crippen LogP contribution in [0, 0.1) is 12.8 Å². The van der Waals surface area contributed by atoms with E-state index in [0.717, 1.165) is 25.1 Å². The molecule has 1 saturated carbocycles. The van der Waals surface area contributed by atoms with Gasteiger partial charge in [-0.15, -0.1) is 0 Å². The largest absolute Gasteiger partial charge is 0.496 e. The highest BCUT2D eigenvalue weighted by Crippen LogP contribution is 2.29. The van der Waals surface area contributed by atoms with Gasteiger partial charge in [0.15, 0.2) is 0 Å². The van der Waals surface area contributed by atoms with E-state index in [1.165, 1.54) is 11.1 Å². The van der Waals surface area contributed by atoms with Crippen LogP contribution in [0.4, 0.5) is 0 Å². The van der Waals surface area contributed by atoms with Gasteiger partial charge in [-0.1, -0.05) is 17.7 Å². The molecule has 1 aromatic rings. The van der Waals surface area contributed by atoms with E-state index in [9.17, 15) is 5.11 Å². The SMILES string of the molecule is COc1ccc(C)cc1C(C)NCC1CC(O)C1. The second kappa shape index (κ2) is 5.72. The summed E-state index contributed by atoms with van der Waals surface area (Å²) in [5.74, 6) is 1.56. The zero-order chi connectivity index (χ0) is 13.1. The Balaban J connectivity index is 1.95. The third-order valence-electron chi connectivity index (χ3n) is 3.78. The van der Waals surface area contributed by atoms with Crippen molar-refractivity contribution in [1.82, 2.24) is 5.32 Å². The molecule has 0 saturated heterocycles. The van der Waals surface area contributed by atoms with E-state index >= 15 is 0 Å². The van der Waals surface area contributed by atoms with Gasteiger partial charge in [-0.3, -0.25) is 0 Å². The Labute approximate surface area is 109 Å². The fourth-order valence-electron chi connectivity index (χ4n) is 2.51. The van der Waals surface area contributed by atoms with E-state index in [4.69, 9.17) is 4.74 Å². The van der Waals surface area contributed by atoms with Gasteiger partial charge in [0.05, 0.1) is 13.2 Å². The minimum Gasteiger partial charge on any atom is -0.496 e. The normalized spacial score (nSPS) is 24.4. The maximum atomic E-state index is 9.27. The maximum Gasteiger partial charge on any atom is 0.123 e. The molecule has 1 aliphatic rings. The minimum absolute atomic E-state index is 0.0689. The lowest BCUT2D eigenvalue weighted by Gasteiger charge is -2.32. The predicted molar refractivity (Wildman–Crippen MR) is 72.9 cm³/mol. The maximum absolute atomic E-state index is 9.27. The van der Waals surface area contributed by atoms with E-state index in [0.29, 0.717) is 5.92 Å². The molecule has 0 radical (unpaired) electrons. The van der Waals surface area contributed by atoms with Gasteiger partial charge in [0.2, 0.25) is 0 Å². The Morgan fingerprint density at radius 1 is 1.44 bits per heavy atom. The first kappa shape index (κ1) is 13.4. The van der Waals surface area contributed by atoms with E-state index in [-0.39, 0.29) is 12.1 Å². The van der Waals surface area contributed by atoms with E-state index in [1.807, 2.05) is 6.07 Å². The van der Waals surface area contributed by atoms with Gasteiger partial charge < -0.3 is 15.2 Å². The van der Waals surface area contributed by atoms with Crippen LogP contribution in [0.25, 0.3) is 0 Å². The van der Waals surface area contributed by atoms with E-state index in [2.05, 4.69) is 31.3 Å². The molecular weight excluding hydrogens is 226 g/mol. The number of nitrogens with one attached hydrogen (secondary N) is 1. The summed E-state index contributed by atoms with van der Waals surface area (Å²) in [4.78, 5) is 0. The number of aliphatic hydroxyl groups is 1. The van der Waals surface area contributed by atoms with Crippen molar-refractivity contribution < 1.29 is 9.84 Å². The van der Waals surface area contributed by atoms with Crippen LogP contribution in [-0.2, 0) is 0 Å². The zero-order valence-corrected chi connectivity index (χ0v) is 11.4. The summed E-state index contributed by atoms with van der Waals surface area (Å²) < 4.78 is 5.41. The molecule has 0 amide bonds. The van der Waals surface area contributed by atoms with Crippen molar-refractivity contribution in [2.75, 3.05) is 13.7 Å². The molecule has 3 nitrogen and oxygen atoms in total. The fraction of sp³-hybridized carbons (Fsp3) is 0.600. The smallest absolute Gasteiger partial charge is 0.123 e. The van der Waals surface area contributed by atoms with E-state index < -0.39 is 0 Å². The molecular formula is C15H23NO2. The number of hydrogen-bond donors (Lipinski definition) is 2. The molecule has 2 rings (SSSR count). The summed E-state index contributed by atoms with van der Waals surface area (Å²) in [6.45, 7) is 5.22. The van der Waals surface area contributed by atoms with Crippen LogP contribution in [0.3, 0.4) is 0 Å². The number of aliphatic hydroxyl groups excluding tert-OH is 1. The topological polar surface area (TPSA) is 41.5 Å². The van der Waals surface area contributed by atoms with Crippen molar-refractivity contribution >= 4 is 0 Å². The quantitative estimate of drug-likeness (QED) is 0.842. The first-order valence-corrected chi connectivity index (χ1v) is 6.66. The van der Waals surface area contributed by atoms with Crippen LogP contribution in [0.5, 0.6) is 5.75 Å². The van der Waals surface area contributed by atoms with Crippen LogP contribution in [0.15, 0.2) is 18.2 Å². The van der Waals surface area contributed by atoms with Crippen molar-refractivity contribution in [3.05, 3.63) is 29.3 Å². The van der Waals surface area contributed by atoms with Crippen LogP contribution < -0.4 is 10.1 Å². The van der Waals surface area contributed by atoms with Gasteiger partial charge in [0.25, 0.3) is 0 Å². The van der Waals surface area contributed by atoms with Gasteiger partial charge in [0.1, 0.15) is 5.75 Å². The monoisotopic (exact) mass is 249 g/mol. The second-order valence-corrected chi connectivity index (χ2v) is 5.37. The molecule has 1 fully saturated rings. The van der Waals surface area contributed by atoms with Crippen molar-refractivity contribution in [1.29, 1.82) is 0 Å². The van der Waals surface area contributed by atoms with Crippen molar-refractivity contribution in [3.63, 3.8) is 0 Å². The lowest BCUT2D eigenvalue weighted by atomic mass is 9.82. The predicted octanol–water partition coefficient (Wildman–Crippen LogP) is 2.43. The van der Waals surface area contributed by atoms with Crippen LogP contribution in [-0.4, -0.2) is 24.9 Å². The van der Waals surface area contributed by atoms with Gasteiger partial charge in [-0.2, -0.15) is 0 Å². The molecule has 1 aliphatic carbocycles. The molecule has 0 heterocycles. The number of hydrogen-bond acceptors (Lipinski definition) is 3. The lowest BCUT2D eigenvalue weighted by Crippen LogP contribution is -2.37. The van der Waals surface area contributed by atoms with Crippen molar-refractivity contribution in [3.8, 4) is 5.75 Å². The molecule has 2 N–H and O–H groups in total. The Hall–Kier alpha value is -1.06. The average molecular weight is 249 g/mol. The highest BCUT2D eigenvalue weighted by Gasteiger charge is 2.27. The second-order valence-electron chi connectivity index (χ2n) is 5.37. The van der Waals surface area contributed by atoms with Gasteiger partial charge in [-0.25, -0.2) is 0 Å². The van der Waals surface area contributed by atoms with Crippen LogP contribution in [0.2, 0.25) is 0 Å². The number of rotatable bonds is 5. The Kier molecular flexibility index (Phi) is 4.25. The summed E-state index contributed by atoms with van der Waals surface area (Å²) in [5.41, 5.74) is 2.45. The first-order chi connectivity index (χ1) is 8.60. The highest BCUT2D eigenvalue weighted by atomic mass is 16.5. The minimum atomic E-state index is -0.0689. The number of methoxy groups -OCH3 is 1. The standard InChI is InChI=1S/C15H23NO2/c1-10-4-5-15(18-3)14(6-10)11(2)16-9-12-7-13(17)8-12/h4-6,11-13,16-17H,7-9H2,1-3H3. The molecule has 18 heavy (non-hydrogen) atoms. The summed E-state index contributed by atoms with van der Waals surface area (Å²) >= 11 is 0. The molecule has 100 valence electrons. The number of ether oxygens (including phenoxy) is 1. The molecule has 1 unspecified atom stereocenters. The number of benzene rings is 1. The number of aryl methyl sites for hydroxylation is 1. The third kappa shape index (κ3) is 3.03. The average Bonchev–Trinajstić information content (AvgIpc) is 2.32. The molecule has 3 heteroatoms. The molecule has 0 aromatic heterocycles. The summed E-state index contributed by atoms with van der Waals surface area (Å²) in [6.07, 6.45) is 1.80.